The molecule has 4 nitrogen and oxygen atoms in total. The molecule has 3 aromatic rings. The summed E-state index contributed by atoms with van der Waals surface area (Å²) in [6.45, 7) is 4.49. The lowest BCUT2D eigenvalue weighted by atomic mass is 10.1. The fourth-order valence-electron chi connectivity index (χ4n) is 3.15. The minimum atomic E-state index is -0.164. The van der Waals surface area contributed by atoms with Crippen LogP contribution in [-0.2, 0) is 11.4 Å². The van der Waals surface area contributed by atoms with Crippen LogP contribution in [0, 0.1) is 17.4 Å². The number of hydrogen-bond acceptors (Lipinski definition) is 4. The van der Waals surface area contributed by atoms with E-state index in [1.807, 2.05) is 55.5 Å². The van der Waals surface area contributed by atoms with Gasteiger partial charge in [0, 0.05) is 5.02 Å². The first-order valence-electron chi connectivity index (χ1n) is 9.91. The first-order chi connectivity index (χ1) is 15.4. The number of nitrogens with one attached hydrogen (secondary N) is 1. The van der Waals surface area contributed by atoms with E-state index in [0.29, 0.717) is 21.7 Å². The Morgan fingerprint density at radius 1 is 1.12 bits per heavy atom. The number of carbonyl (C=O) groups is 1. The lowest BCUT2D eigenvalue weighted by Crippen LogP contribution is -2.19. The smallest absolute Gasteiger partial charge is 0.264 e. The molecule has 32 heavy (non-hydrogen) atoms. The number of thioether (sulfide) groups is 1. The van der Waals surface area contributed by atoms with Gasteiger partial charge in [0.1, 0.15) is 12.4 Å². The topological polar surface area (TPSA) is 50.7 Å². The highest BCUT2D eigenvalue weighted by molar-refractivity contribution is 14.1. The molecule has 0 radical (unpaired) electrons. The number of benzene rings is 3. The Bertz CT molecular complexity index is 1260. The average molecular weight is 575 g/mol. The number of hydrogen-bond donors (Lipinski definition) is 1. The van der Waals surface area contributed by atoms with Gasteiger partial charge in [-0.1, -0.05) is 53.6 Å². The van der Waals surface area contributed by atoms with Gasteiger partial charge < -0.3 is 10.1 Å². The Kier molecular flexibility index (Phi) is 7.23. The highest BCUT2D eigenvalue weighted by Crippen LogP contribution is 2.32. The number of aryl methyl sites for hydroxylation is 1. The molecule has 0 atom stereocenters. The van der Waals surface area contributed by atoms with E-state index in [1.54, 1.807) is 0 Å². The van der Waals surface area contributed by atoms with Crippen molar-refractivity contribution in [1.29, 1.82) is 0 Å². The van der Waals surface area contributed by atoms with Crippen molar-refractivity contribution in [3.8, 4) is 5.75 Å². The summed E-state index contributed by atoms with van der Waals surface area (Å²) in [5.41, 5.74) is 4.89. The van der Waals surface area contributed by atoms with Gasteiger partial charge in [0.05, 0.1) is 14.2 Å². The van der Waals surface area contributed by atoms with Gasteiger partial charge in [-0.15, -0.1) is 0 Å². The predicted molar refractivity (Wildman–Crippen MR) is 142 cm³/mol. The van der Waals surface area contributed by atoms with Gasteiger partial charge in [0.2, 0.25) is 0 Å². The lowest BCUT2D eigenvalue weighted by Gasteiger charge is -2.09. The number of halogens is 2. The summed E-state index contributed by atoms with van der Waals surface area (Å²) in [5, 5.41) is 4.01. The zero-order valence-electron chi connectivity index (χ0n) is 17.5. The van der Waals surface area contributed by atoms with Crippen molar-refractivity contribution in [2.75, 3.05) is 0 Å². The van der Waals surface area contributed by atoms with E-state index in [0.717, 1.165) is 31.7 Å². The zero-order valence-corrected chi connectivity index (χ0v) is 21.2. The van der Waals surface area contributed by atoms with E-state index in [-0.39, 0.29) is 5.91 Å². The third-order valence-corrected chi connectivity index (χ3v) is 7.00. The highest BCUT2D eigenvalue weighted by Gasteiger charge is 2.24. The number of amides is 1. The number of amidine groups is 1. The predicted octanol–water partition coefficient (Wildman–Crippen LogP) is 7.03. The number of carbonyl (C=O) groups excluding carboxylic acids is 1. The minimum absolute atomic E-state index is 0.164. The van der Waals surface area contributed by atoms with Crippen LogP contribution in [0.3, 0.4) is 0 Å². The van der Waals surface area contributed by atoms with Crippen LogP contribution in [0.5, 0.6) is 5.75 Å². The molecule has 4 rings (SSSR count). The number of aliphatic imine (C=N–C) groups is 1. The number of nitrogens with zero attached hydrogens (tertiary/aromatic N) is 1. The second-order valence-electron chi connectivity index (χ2n) is 7.33. The normalized spacial score (nSPS) is 15.9. The third kappa shape index (κ3) is 5.54. The van der Waals surface area contributed by atoms with Gasteiger partial charge in [-0.3, -0.25) is 4.79 Å². The Balaban J connectivity index is 1.47. The van der Waals surface area contributed by atoms with Crippen LogP contribution in [0.4, 0.5) is 5.69 Å². The molecular formula is C25H20ClIN2O2S. The molecule has 0 aliphatic carbocycles. The van der Waals surface area contributed by atoms with Gasteiger partial charge in [-0.05, 0) is 95.2 Å². The molecule has 3 aromatic carbocycles. The van der Waals surface area contributed by atoms with E-state index >= 15 is 0 Å². The molecule has 1 fully saturated rings. The fourth-order valence-corrected chi connectivity index (χ4v) is 4.84. The molecule has 1 aliphatic heterocycles. The molecule has 7 heteroatoms. The van der Waals surface area contributed by atoms with Crippen LogP contribution in [0.15, 0.2) is 70.6 Å². The average Bonchev–Trinajstić information content (AvgIpc) is 3.09. The summed E-state index contributed by atoms with van der Waals surface area (Å²) in [5.74, 6) is 0.652. The van der Waals surface area contributed by atoms with Crippen molar-refractivity contribution < 1.29 is 9.53 Å². The lowest BCUT2D eigenvalue weighted by molar-refractivity contribution is -0.115. The van der Waals surface area contributed by atoms with Gasteiger partial charge in [0.15, 0.2) is 5.17 Å². The van der Waals surface area contributed by atoms with Crippen LogP contribution in [0.25, 0.3) is 6.08 Å². The first kappa shape index (κ1) is 22.9. The van der Waals surface area contributed by atoms with Crippen molar-refractivity contribution >= 4 is 68.8 Å². The van der Waals surface area contributed by atoms with Crippen LogP contribution >= 0.6 is 46.0 Å². The van der Waals surface area contributed by atoms with Crippen molar-refractivity contribution in [1.82, 2.24) is 5.32 Å². The molecule has 0 spiro atoms. The summed E-state index contributed by atoms with van der Waals surface area (Å²) in [6.07, 6.45) is 1.86. The molecule has 1 N–H and O–H groups in total. The molecule has 1 saturated heterocycles. The summed E-state index contributed by atoms with van der Waals surface area (Å²) in [7, 11) is 0. The summed E-state index contributed by atoms with van der Waals surface area (Å²) < 4.78 is 6.97. The largest absolute Gasteiger partial charge is 0.488 e. The first-order valence-corrected chi connectivity index (χ1v) is 12.2. The molecule has 1 amide bonds. The molecule has 162 valence electrons. The van der Waals surface area contributed by atoms with Crippen molar-refractivity contribution in [2.24, 2.45) is 4.99 Å². The van der Waals surface area contributed by atoms with Crippen LogP contribution < -0.4 is 10.1 Å². The maximum atomic E-state index is 12.4. The number of rotatable bonds is 5. The van der Waals surface area contributed by atoms with Gasteiger partial charge in [0.25, 0.3) is 5.91 Å². The molecule has 0 aromatic heterocycles. The van der Waals surface area contributed by atoms with Crippen molar-refractivity contribution in [3.05, 3.63) is 96.4 Å². The molecular weight excluding hydrogens is 555 g/mol. The standard InChI is InChI=1S/C25H20ClIN2O2S/c1-15-5-3-6-18(11-15)14-31-22-10-9-17(12-20(22)27)13-23-24(30)29-25(32-23)28-21-8-4-7-19(26)16(21)2/h3-13H,14H2,1-2H3,(H,28,29,30)/b23-13+. The Hall–Kier alpha value is -2.29. The second kappa shape index (κ2) is 10.1. The Labute approximate surface area is 210 Å². The van der Waals surface area contributed by atoms with E-state index in [1.165, 1.54) is 17.3 Å². The summed E-state index contributed by atoms with van der Waals surface area (Å²) in [6, 6.07) is 19.7. The molecule has 0 unspecified atom stereocenters. The molecule has 0 saturated carbocycles. The summed E-state index contributed by atoms with van der Waals surface area (Å²) in [4.78, 5) is 17.6. The van der Waals surface area contributed by atoms with Gasteiger partial charge >= 0.3 is 0 Å². The third-order valence-electron chi connectivity index (χ3n) is 4.84. The Morgan fingerprint density at radius 2 is 1.94 bits per heavy atom. The second-order valence-corrected chi connectivity index (χ2v) is 9.93. The molecule has 1 heterocycles. The van der Waals surface area contributed by atoms with Gasteiger partial charge in [-0.2, -0.15) is 0 Å². The Morgan fingerprint density at radius 3 is 2.72 bits per heavy atom. The van der Waals surface area contributed by atoms with Crippen molar-refractivity contribution in [2.45, 2.75) is 20.5 Å². The van der Waals surface area contributed by atoms with Crippen LogP contribution in [0.2, 0.25) is 5.02 Å². The SMILES string of the molecule is Cc1cccc(COc2ccc(/C=C3/SC(=Nc4cccc(Cl)c4C)NC3=O)cc2I)c1. The van der Waals surface area contributed by atoms with Crippen LogP contribution in [-0.4, -0.2) is 11.1 Å². The quantitative estimate of drug-likeness (QED) is 0.263. The van der Waals surface area contributed by atoms with Crippen LogP contribution in [0.1, 0.15) is 22.3 Å². The highest BCUT2D eigenvalue weighted by atomic mass is 127. The van der Waals surface area contributed by atoms with Gasteiger partial charge in [-0.25, -0.2) is 4.99 Å². The molecule has 0 bridgehead atoms. The number of ether oxygens (including phenoxy) is 1. The van der Waals surface area contributed by atoms with E-state index < -0.39 is 0 Å². The summed E-state index contributed by atoms with van der Waals surface area (Å²) >= 11 is 9.74. The maximum absolute atomic E-state index is 12.4. The molecule has 1 aliphatic rings. The minimum Gasteiger partial charge on any atom is -0.488 e. The maximum Gasteiger partial charge on any atom is 0.264 e. The fraction of sp³-hybridized carbons (Fsp3) is 0.120. The monoisotopic (exact) mass is 574 g/mol. The van der Waals surface area contributed by atoms with E-state index in [2.05, 4.69) is 58.0 Å². The zero-order chi connectivity index (χ0) is 22.7. The van der Waals surface area contributed by atoms with Crippen molar-refractivity contribution in [3.63, 3.8) is 0 Å². The van der Waals surface area contributed by atoms with E-state index in [4.69, 9.17) is 16.3 Å². The van der Waals surface area contributed by atoms with E-state index in [9.17, 15) is 4.79 Å².